The normalized spacial score (nSPS) is 17.5. The first kappa shape index (κ1) is 49.8. The Balaban J connectivity index is 1.91. The average Bonchev–Trinajstić information content (AvgIpc) is 3.70. The summed E-state index contributed by atoms with van der Waals surface area (Å²) in [6.07, 6.45) is 7.77. The summed E-state index contributed by atoms with van der Waals surface area (Å²) < 4.78 is 6.35. The number of thiazole rings is 1. The zero-order chi connectivity index (χ0) is 43.7. The Hall–Kier alpha value is -3.59. The molecular weight excluding hydrogens is 769 g/mol. The van der Waals surface area contributed by atoms with Gasteiger partial charge in [0.1, 0.15) is 22.8 Å². The molecule has 0 saturated carbocycles. The molecule has 1 aromatic heterocycles. The number of unbranched alkanes of at least 4 members (excludes halogenated alkanes) is 3. The number of carboxylic acid groups (broad SMARTS) is 1. The van der Waals surface area contributed by atoms with E-state index >= 15 is 0 Å². The summed E-state index contributed by atoms with van der Waals surface area (Å²) >= 11 is 1.33. The second-order valence-corrected chi connectivity index (χ2v) is 18.2. The number of carboxylic acids is 1. The maximum Gasteiger partial charge on any atom is 0.309 e. The Kier molecular flexibility index (Phi) is 20.8. The van der Waals surface area contributed by atoms with Crippen LogP contribution in [0.2, 0.25) is 0 Å². The zero-order valence-electron chi connectivity index (χ0n) is 37.0. The predicted octanol–water partition coefficient (Wildman–Crippen LogP) is 6.85. The Bertz CT molecular complexity index is 1600. The molecule has 6 N–H and O–H groups in total. The molecular formula is C45H74N6O7S. The lowest BCUT2D eigenvalue weighted by atomic mass is 9.84. The number of hydrogen-bond donors (Lipinski definition) is 5. The summed E-state index contributed by atoms with van der Waals surface area (Å²) in [4.78, 5) is 63.6. The number of nitrogen functional groups attached to an aromatic ring is 1. The monoisotopic (exact) mass is 843 g/mol. The van der Waals surface area contributed by atoms with Crippen LogP contribution in [0.25, 0.3) is 0 Å². The third-order valence-electron chi connectivity index (χ3n) is 11.8. The highest BCUT2D eigenvalue weighted by molar-refractivity contribution is 7.09. The number of aromatic nitrogens is 1. The van der Waals surface area contributed by atoms with Crippen LogP contribution in [0.4, 0.5) is 5.69 Å². The molecule has 1 saturated heterocycles. The summed E-state index contributed by atoms with van der Waals surface area (Å²) in [5.74, 6) is -1.69. The van der Waals surface area contributed by atoms with Crippen molar-refractivity contribution in [3.8, 4) is 0 Å². The molecule has 1 aromatic carbocycles. The smallest absolute Gasteiger partial charge is 0.309 e. The Morgan fingerprint density at radius 1 is 1.05 bits per heavy atom. The molecule has 6 atom stereocenters. The van der Waals surface area contributed by atoms with Crippen molar-refractivity contribution >= 4 is 40.7 Å². The lowest BCUT2D eigenvalue weighted by Crippen LogP contribution is -2.59. The van der Waals surface area contributed by atoms with Crippen molar-refractivity contribution in [2.45, 2.75) is 156 Å². The number of rotatable bonds is 26. The van der Waals surface area contributed by atoms with Gasteiger partial charge in [0.15, 0.2) is 0 Å². The fraction of sp³-hybridized carbons (Fsp3) is 0.711. The number of benzene rings is 1. The van der Waals surface area contributed by atoms with E-state index in [9.17, 15) is 29.4 Å². The molecule has 332 valence electrons. The van der Waals surface area contributed by atoms with Gasteiger partial charge in [-0.3, -0.25) is 24.1 Å². The van der Waals surface area contributed by atoms with Crippen molar-refractivity contribution in [3.63, 3.8) is 0 Å². The molecule has 3 rings (SSSR count). The van der Waals surface area contributed by atoms with Crippen molar-refractivity contribution < 1.29 is 34.1 Å². The third-order valence-corrected chi connectivity index (χ3v) is 12.7. The number of hydrogen-bond acceptors (Lipinski definition) is 10. The van der Waals surface area contributed by atoms with Gasteiger partial charge in [-0.1, -0.05) is 78.9 Å². The highest BCUT2D eigenvalue weighted by Crippen LogP contribution is 2.32. The number of ether oxygens (including phenoxy) is 1. The van der Waals surface area contributed by atoms with Crippen LogP contribution in [0.3, 0.4) is 0 Å². The van der Waals surface area contributed by atoms with Crippen LogP contribution in [0, 0.1) is 17.3 Å². The number of nitrogens with two attached hydrogens (primary N) is 1. The Morgan fingerprint density at radius 3 is 2.37 bits per heavy atom. The van der Waals surface area contributed by atoms with Crippen LogP contribution in [0.5, 0.6) is 0 Å². The summed E-state index contributed by atoms with van der Waals surface area (Å²) in [7, 11) is 0. The van der Waals surface area contributed by atoms with Crippen molar-refractivity contribution in [1.29, 1.82) is 0 Å². The maximum atomic E-state index is 14.9. The summed E-state index contributed by atoms with van der Waals surface area (Å²) in [5.41, 5.74) is 6.56. The molecule has 14 heteroatoms. The minimum Gasteiger partial charge on any atom is -0.481 e. The number of β-amino-alcohol motifs (C(OH)–C–C–N with tert-alkyl or cyclic N) is 1. The van der Waals surface area contributed by atoms with Gasteiger partial charge in [0.05, 0.1) is 18.1 Å². The second kappa shape index (κ2) is 24.6. The lowest BCUT2D eigenvalue weighted by molar-refractivity contribution is -0.147. The minimum atomic E-state index is -1.09. The standard InChI is InChI=1S/C45H74N6O7S/c1-9-12-13-15-23-51(43(55)39(31(6)10-2)49-41(54)36-17-14-16-22-50(36)24-25-52)37(30(4)5)27-38(58-11-3)42-48-35(29-59-42)40(53)47-34(28-45(7,8)44(56)57)26-32-18-20-33(46)21-19-32/h18-21,29-31,34,36-39,52H,9-17,22-28,46H2,1-8H3,(H,47,53)(H,49,54)(H,56,57)/t31?,34?,36-,37?,38?,39?/m1/s1. The number of amides is 3. The fourth-order valence-electron chi connectivity index (χ4n) is 7.98. The van der Waals surface area contributed by atoms with Crippen LogP contribution in [-0.4, -0.2) is 106 Å². The van der Waals surface area contributed by atoms with Crippen LogP contribution >= 0.6 is 11.3 Å². The van der Waals surface area contributed by atoms with Crippen molar-refractivity contribution in [1.82, 2.24) is 25.4 Å². The number of aliphatic carboxylic acids is 1. The highest BCUT2D eigenvalue weighted by atomic mass is 32.1. The molecule has 0 spiro atoms. The summed E-state index contributed by atoms with van der Waals surface area (Å²) in [6, 6.07) is 5.48. The molecule has 0 bridgehead atoms. The van der Waals surface area contributed by atoms with E-state index in [1.165, 1.54) is 11.3 Å². The number of nitrogens with zero attached hydrogens (tertiary/aromatic N) is 3. The van der Waals surface area contributed by atoms with E-state index in [2.05, 4.69) is 31.4 Å². The van der Waals surface area contributed by atoms with Gasteiger partial charge in [0, 0.05) is 49.3 Å². The Labute approximate surface area is 357 Å². The first-order valence-corrected chi connectivity index (χ1v) is 22.9. The van der Waals surface area contributed by atoms with E-state index in [4.69, 9.17) is 15.5 Å². The van der Waals surface area contributed by atoms with Gasteiger partial charge in [-0.15, -0.1) is 11.3 Å². The predicted molar refractivity (Wildman–Crippen MR) is 235 cm³/mol. The van der Waals surface area contributed by atoms with Gasteiger partial charge in [0.2, 0.25) is 11.8 Å². The molecule has 0 radical (unpaired) electrons. The summed E-state index contributed by atoms with van der Waals surface area (Å²) in [6.45, 7) is 17.7. The summed E-state index contributed by atoms with van der Waals surface area (Å²) in [5, 5.41) is 28.2. The molecule has 13 nitrogen and oxygen atoms in total. The lowest BCUT2D eigenvalue weighted by Gasteiger charge is -2.40. The molecule has 2 aromatic rings. The third kappa shape index (κ3) is 15.1. The average molecular weight is 843 g/mol. The number of carbonyl (C=O) groups is 4. The van der Waals surface area contributed by atoms with Crippen LogP contribution in [0.15, 0.2) is 29.6 Å². The molecule has 1 fully saturated rings. The van der Waals surface area contributed by atoms with Gasteiger partial charge in [-0.2, -0.15) is 0 Å². The number of aliphatic hydroxyl groups is 1. The van der Waals surface area contributed by atoms with Crippen LogP contribution < -0.4 is 16.4 Å². The van der Waals surface area contributed by atoms with Crippen molar-refractivity contribution in [3.05, 3.63) is 45.9 Å². The number of nitrogens with one attached hydrogen (secondary N) is 2. The fourth-order valence-corrected chi connectivity index (χ4v) is 8.84. The van der Waals surface area contributed by atoms with Gasteiger partial charge in [-0.25, -0.2) is 4.98 Å². The SMILES string of the molecule is CCCCCCN(C(=O)C(NC(=O)[C@H]1CCCCN1CCO)C(C)CC)C(CC(OCC)c1nc(C(=O)NC(Cc2ccc(N)cc2)CC(C)(C)C(=O)O)cs1)C(C)C. The van der Waals surface area contributed by atoms with E-state index < -0.39 is 35.5 Å². The molecule has 1 aliphatic rings. The molecule has 59 heavy (non-hydrogen) atoms. The molecule has 3 amide bonds. The molecule has 0 aliphatic carbocycles. The first-order valence-electron chi connectivity index (χ1n) is 22.0. The topological polar surface area (TPSA) is 187 Å². The second-order valence-electron chi connectivity index (χ2n) is 17.3. The quantitative estimate of drug-likeness (QED) is 0.0496. The van der Waals surface area contributed by atoms with E-state index in [0.29, 0.717) is 56.1 Å². The van der Waals surface area contributed by atoms with Crippen molar-refractivity contribution in [2.24, 2.45) is 17.3 Å². The van der Waals surface area contributed by atoms with Crippen LogP contribution in [-0.2, 0) is 25.5 Å². The molecule has 1 aliphatic heterocycles. The Morgan fingerprint density at radius 2 is 1.76 bits per heavy atom. The van der Waals surface area contributed by atoms with E-state index in [-0.39, 0.29) is 54.5 Å². The number of aliphatic hydroxyl groups excluding tert-OH is 1. The van der Waals surface area contributed by atoms with Gasteiger partial charge in [-0.05, 0) is 89.0 Å². The highest BCUT2D eigenvalue weighted by Gasteiger charge is 2.39. The van der Waals surface area contributed by atoms with Crippen molar-refractivity contribution in [2.75, 3.05) is 38.6 Å². The van der Waals surface area contributed by atoms with Gasteiger partial charge < -0.3 is 36.2 Å². The minimum absolute atomic E-state index is 0.0262. The molecule has 5 unspecified atom stereocenters. The molecule has 2 heterocycles. The number of carbonyl (C=O) groups excluding carboxylic acids is 3. The number of anilines is 1. The van der Waals surface area contributed by atoms with Gasteiger partial charge in [0.25, 0.3) is 5.91 Å². The number of piperidine rings is 1. The van der Waals surface area contributed by atoms with Gasteiger partial charge >= 0.3 is 5.97 Å². The first-order chi connectivity index (χ1) is 28.1. The zero-order valence-corrected chi connectivity index (χ0v) is 37.8. The largest absolute Gasteiger partial charge is 0.481 e. The van der Waals surface area contributed by atoms with E-state index in [0.717, 1.165) is 50.6 Å². The van der Waals surface area contributed by atoms with Crippen LogP contribution in [0.1, 0.15) is 147 Å². The van der Waals surface area contributed by atoms with E-state index in [1.807, 2.05) is 42.7 Å². The number of likely N-dealkylation sites (tertiary alicyclic amines) is 1. The van der Waals surface area contributed by atoms with E-state index in [1.54, 1.807) is 31.4 Å². The maximum absolute atomic E-state index is 14.9.